The van der Waals surface area contributed by atoms with E-state index in [2.05, 4.69) is 14.6 Å². The third-order valence-corrected chi connectivity index (χ3v) is 4.31. The molecular formula is C16H24N2O3. The van der Waals surface area contributed by atoms with E-state index in [1.54, 1.807) is 0 Å². The largest absolute Gasteiger partial charge is 0.469 e. The van der Waals surface area contributed by atoms with Crippen molar-refractivity contribution in [2.45, 2.75) is 50.5 Å². The lowest BCUT2D eigenvalue weighted by atomic mass is 9.78. The van der Waals surface area contributed by atoms with Crippen LogP contribution in [0.15, 0.2) is 24.5 Å². The Bertz CT molecular complexity index is 462. The van der Waals surface area contributed by atoms with Gasteiger partial charge in [-0.25, -0.2) is 0 Å². The molecule has 1 fully saturated rings. The van der Waals surface area contributed by atoms with E-state index in [0.29, 0.717) is 13.0 Å². The molecule has 5 nitrogen and oxygen atoms in total. The first-order chi connectivity index (χ1) is 10.2. The van der Waals surface area contributed by atoms with E-state index in [9.17, 15) is 9.59 Å². The number of carbonyl (C=O) groups is 2. The summed E-state index contributed by atoms with van der Waals surface area (Å²) in [6, 6.07) is 4.01. The minimum absolute atomic E-state index is 0.00880. The Balaban J connectivity index is 1.93. The second-order valence-electron chi connectivity index (χ2n) is 5.73. The quantitative estimate of drug-likeness (QED) is 0.818. The average Bonchev–Trinajstić information content (AvgIpc) is 3.03. The maximum absolute atomic E-state index is 12.2. The predicted molar refractivity (Wildman–Crippen MR) is 79.8 cm³/mol. The van der Waals surface area contributed by atoms with Gasteiger partial charge in [-0.05, 0) is 25.0 Å². The first-order valence-electron chi connectivity index (χ1n) is 7.63. The number of amides is 1. The lowest BCUT2D eigenvalue weighted by Crippen LogP contribution is -2.41. The third-order valence-electron chi connectivity index (χ3n) is 4.31. The van der Waals surface area contributed by atoms with Crippen LogP contribution in [0.2, 0.25) is 0 Å². The molecule has 1 aliphatic rings. The molecule has 0 aliphatic heterocycles. The predicted octanol–water partition coefficient (Wildman–Crippen LogP) is 2.22. The number of hydrogen-bond donors (Lipinski definition) is 1. The Kier molecular flexibility index (Phi) is 5.42. The Morgan fingerprint density at radius 3 is 2.48 bits per heavy atom. The van der Waals surface area contributed by atoms with Crippen molar-refractivity contribution in [3.8, 4) is 0 Å². The molecule has 1 saturated carbocycles. The smallest absolute Gasteiger partial charge is 0.307 e. The SMILES string of the molecule is COC(=O)CCNC(=O)CC1(n2cccc2)CCCCC1. The highest BCUT2D eigenvalue weighted by atomic mass is 16.5. The molecule has 1 aromatic rings. The summed E-state index contributed by atoms with van der Waals surface area (Å²) in [5, 5.41) is 2.83. The topological polar surface area (TPSA) is 60.3 Å². The Hall–Kier alpha value is -1.78. The molecule has 0 spiro atoms. The summed E-state index contributed by atoms with van der Waals surface area (Å²) in [5.74, 6) is -0.289. The lowest BCUT2D eigenvalue weighted by molar-refractivity contribution is -0.140. The van der Waals surface area contributed by atoms with E-state index in [1.165, 1.54) is 13.5 Å². The van der Waals surface area contributed by atoms with E-state index in [4.69, 9.17) is 0 Å². The molecule has 1 amide bonds. The van der Waals surface area contributed by atoms with E-state index >= 15 is 0 Å². The summed E-state index contributed by atoms with van der Waals surface area (Å²) in [6.45, 7) is 0.341. The van der Waals surface area contributed by atoms with E-state index in [1.807, 2.05) is 24.5 Å². The second kappa shape index (κ2) is 7.29. The first-order valence-corrected chi connectivity index (χ1v) is 7.63. The minimum Gasteiger partial charge on any atom is -0.469 e. The summed E-state index contributed by atoms with van der Waals surface area (Å²) in [4.78, 5) is 23.3. The van der Waals surface area contributed by atoms with Gasteiger partial charge in [0.25, 0.3) is 0 Å². The maximum atomic E-state index is 12.2. The Morgan fingerprint density at radius 1 is 1.19 bits per heavy atom. The molecule has 116 valence electrons. The summed E-state index contributed by atoms with van der Waals surface area (Å²) in [5.41, 5.74) is -0.100. The van der Waals surface area contributed by atoms with Crippen LogP contribution in [0.25, 0.3) is 0 Å². The van der Waals surface area contributed by atoms with Crippen LogP contribution < -0.4 is 5.32 Å². The fraction of sp³-hybridized carbons (Fsp3) is 0.625. The highest BCUT2D eigenvalue weighted by molar-refractivity contribution is 5.78. The van der Waals surface area contributed by atoms with Crippen LogP contribution in [0.4, 0.5) is 0 Å². The molecule has 0 atom stereocenters. The third kappa shape index (κ3) is 4.09. The Morgan fingerprint density at radius 2 is 1.86 bits per heavy atom. The van der Waals surface area contributed by atoms with Crippen molar-refractivity contribution in [1.82, 2.24) is 9.88 Å². The normalized spacial score (nSPS) is 17.2. The van der Waals surface area contributed by atoms with Crippen LogP contribution in [0, 0.1) is 0 Å². The number of nitrogens with zero attached hydrogens (tertiary/aromatic N) is 1. The number of nitrogens with one attached hydrogen (secondary N) is 1. The van der Waals surface area contributed by atoms with Crippen LogP contribution in [-0.4, -0.2) is 30.1 Å². The van der Waals surface area contributed by atoms with Crippen molar-refractivity contribution < 1.29 is 14.3 Å². The fourth-order valence-electron chi connectivity index (χ4n) is 3.15. The van der Waals surface area contributed by atoms with Crippen LogP contribution >= 0.6 is 0 Å². The molecule has 0 radical (unpaired) electrons. The molecule has 21 heavy (non-hydrogen) atoms. The van der Waals surface area contributed by atoms with Gasteiger partial charge in [-0.3, -0.25) is 9.59 Å². The van der Waals surface area contributed by atoms with E-state index < -0.39 is 0 Å². The van der Waals surface area contributed by atoms with Crippen LogP contribution in [0.1, 0.15) is 44.9 Å². The number of methoxy groups -OCH3 is 1. The summed E-state index contributed by atoms with van der Waals surface area (Å²) in [6.07, 6.45) is 10.4. The number of esters is 1. The number of hydrogen-bond acceptors (Lipinski definition) is 3. The van der Waals surface area contributed by atoms with Crippen LogP contribution in [0.3, 0.4) is 0 Å². The Labute approximate surface area is 125 Å². The second-order valence-corrected chi connectivity index (χ2v) is 5.73. The monoisotopic (exact) mass is 292 g/mol. The maximum Gasteiger partial charge on any atom is 0.307 e. The zero-order valence-corrected chi connectivity index (χ0v) is 12.6. The van der Waals surface area contributed by atoms with Gasteiger partial charge < -0.3 is 14.6 Å². The standard InChI is InChI=1S/C16H24N2O3/c1-21-15(20)7-10-17-14(19)13-16(8-3-2-4-9-16)18-11-5-6-12-18/h5-6,11-12H,2-4,7-10,13H2,1H3,(H,17,19). The number of aromatic nitrogens is 1. The molecule has 1 aromatic heterocycles. The van der Waals surface area contributed by atoms with Crippen LogP contribution in [0.5, 0.6) is 0 Å². The summed E-state index contributed by atoms with van der Waals surface area (Å²) >= 11 is 0. The zero-order valence-electron chi connectivity index (χ0n) is 12.6. The van der Waals surface area contributed by atoms with Gasteiger partial charge in [-0.15, -0.1) is 0 Å². The van der Waals surface area contributed by atoms with Gasteiger partial charge in [0.15, 0.2) is 0 Å². The van der Waals surface area contributed by atoms with Gasteiger partial charge in [0.1, 0.15) is 0 Å². The highest BCUT2D eigenvalue weighted by Crippen LogP contribution is 2.37. The van der Waals surface area contributed by atoms with Crippen molar-refractivity contribution in [2.24, 2.45) is 0 Å². The van der Waals surface area contributed by atoms with Crippen molar-refractivity contribution in [2.75, 3.05) is 13.7 Å². The lowest BCUT2D eigenvalue weighted by Gasteiger charge is -2.38. The minimum atomic E-state index is -0.298. The fourth-order valence-corrected chi connectivity index (χ4v) is 3.15. The van der Waals surface area contributed by atoms with Crippen LogP contribution in [-0.2, 0) is 19.9 Å². The van der Waals surface area contributed by atoms with Crippen molar-refractivity contribution in [1.29, 1.82) is 0 Å². The molecule has 1 aliphatic carbocycles. The average molecular weight is 292 g/mol. The van der Waals surface area contributed by atoms with Crippen molar-refractivity contribution >= 4 is 11.9 Å². The first kappa shape index (κ1) is 15.6. The molecule has 1 heterocycles. The van der Waals surface area contributed by atoms with Crippen molar-refractivity contribution in [3.05, 3.63) is 24.5 Å². The molecule has 5 heteroatoms. The molecule has 1 N–H and O–H groups in total. The van der Waals surface area contributed by atoms with Gasteiger partial charge in [0, 0.05) is 18.9 Å². The van der Waals surface area contributed by atoms with Crippen molar-refractivity contribution in [3.63, 3.8) is 0 Å². The molecule has 0 bridgehead atoms. The molecule has 0 aromatic carbocycles. The van der Waals surface area contributed by atoms with Gasteiger partial charge >= 0.3 is 5.97 Å². The molecule has 2 rings (SSSR count). The summed E-state index contributed by atoms with van der Waals surface area (Å²) in [7, 11) is 1.35. The number of rotatable bonds is 6. The van der Waals surface area contributed by atoms with E-state index in [0.717, 1.165) is 25.7 Å². The molecule has 0 saturated heterocycles. The number of carbonyl (C=O) groups excluding carboxylic acids is 2. The van der Waals surface area contributed by atoms with E-state index in [-0.39, 0.29) is 23.8 Å². The zero-order chi connectivity index (χ0) is 15.1. The highest BCUT2D eigenvalue weighted by Gasteiger charge is 2.35. The summed E-state index contributed by atoms with van der Waals surface area (Å²) < 4.78 is 6.75. The number of ether oxygens (including phenoxy) is 1. The van der Waals surface area contributed by atoms with Gasteiger partial charge in [0.05, 0.1) is 25.5 Å². The molecular weight excluding hydrogens is 268 g/mol. The molecule has 0 unspecified atom stereocenters. The van der Waals surface area contributed by atoms with Gasteiger partial charge in [0.2, 0.25) is 5.91 Å². The van der Waals surface area contributed by atoms with Gasteiger partial charge in [-0.1, -0.05) is 19.3 Å². The van der Waals surface area contributed by atoms with Gasteiger partial charge in [-0.2, -0.15) is 0 Å².